The summed E-state index contributed by atoms with van der Waals surface area (Å²) in [4.78, 5) is 12.4. The highest BCUT2D eigenvalue weighted by atomic mass is 32.2. The lowest BCUT2D eigenvalue weighted by Crippen LogP contribution is -2.25. The summed E-state index contributed by atoms with van der Waals surface area (Å²) < 4.78 is 11.4. The maximum absolute atomic E-state index is 12.4. The van der Waals surface area contributed by atoms with Gasteiger partial charge in [0.1, 0.15) is 6.61 Å². The first-order chi connectivity index (χ1) is 17.6. The number of carbonyl (C=O) groups excluding carboxylic acids is 1. The molecule has 7 heteroatoms. The van der Waals surface area contributed by atoms with E-state index in [0.29, 0.717) is 29.7 Å². The van der Waals surface area contributed by atoms with Gasteiger partial charge in [0.05, 0.1) is 18.6 Å². The van der Waals surface area contributed by atoms with Crippen molar-refractivity contribution in [2.75, 3.05) is 7.11 Å². The van der Waals surface area contributed by atoms with Crippen LogP contribution in [-0.2, 0) is 24.2 Å². The van der Waals surface area contributed by atoms with Crippen LogP contribution in [0.1, 0.15) is 42.0 Å². The van der Waals surface area contributed by atoms with Gasteiger partial charge in [-0.3, -0.25) is 4.79 Å². The Morgan fingerprint density at radius 1 is 0.972 bits per heavy atom. The summed E-state index contributed by atoms with van der Waals surface area (Å²) in [5, 5.41) is 11.5. The highest BCUT2D eigenvalue weighted by molar-refractivity contribution is 8.15. The largest absolute Gasteiger partial charge is 0.493 e. The zero-order valence-corrected chi connectivity index (χ0v) is 21.5. The van der Waals surface area contributed by atoms with Crippen LogP contribution in [0.5, 0.6) is 11.5 Å². The van der Waals surface area contributed by atoms with Crippen molar-refractivity contribution in [2.45, 2.75) is 44.5 Å². The lowest BCUT2D eigenvalue weighted by Gasteiger charge is -2.11. The van der Waals surface area contributed by atoms with E-state index >= 15 is 0 Å². The number of hydrogen-bond donors (Lipinski definition) is 1. The molecule has 0 bridgehead atoms. The van der Waals surface area contributed by atoms with Crippen molar-refractivity contribution >= 4 is 29.1 Å². The molecule has 0 aliphatic carbocycles. The Morgan fingerprint density at radius 2 is 1.75 bits per heavy atom. The summed E-state index contributed by atoms with van der Waals surface area (Å²) in [6.07, 6.45) is 5.77. The van der Waals surface area contributed by atoms with E-state index in [-0.39, 0.29) is 11.2 Å². The fourth-order valence-corrected chi connectivity index (χ4v) is 4.76. The lowest BCUT2D eigenvalue weighted by molar-refractivity contribution is -0.118. The molecular weight excluding hydrogens is 470 g/mol. The van der Waals surface area contributed by atoms with E-state index in [4.69, 9.17) is 9.47 Å². The van der Waals surface area contributed by atoms with Gasteiger partial charge in [-0.05, 0) is 59.7 Å². The average Bonchev–Trinajstić information content (AvgIpc) is 3.26. The third-order valence-electron chi connectivity index (χ3n) is 5.82. The Kier molecular flexibility index (Phi) is 9.16. The lowest BCUT2D eigenvalue weighted by atomic mass is 10.0. The number of hydrogen-bond acceptors (Lipinski definition) is 6. The van der Waals surface area contributed by atoms with Crippen LogP contribution in [-0.4, -0.2) is 29.6 Å². The van der Waals surface area contributed by atoms with Crippen LogP contribution in [0.2, 0.25) is 0 Å². The second kappa shape index (κ2) is 12.9. The Balaban J connectivity index is 1.32. The van der Waals surface area contributed by atoms with Gasteiger partial charge in [-0.2, -0.15) is 5.10 Å². The number of benzene rings is 3. The molecule has 4 rings (SSSR count). The second-order valence-electron chi connectivity index (χ2n) is 8.55. The minimum absolute atomic E-state index is 0.0365. The second-order valence-corrected chi connectivity index (χ2v) is 9.75. The van der Waals surface area contributed by atoms with Crippen LogP contribution < -0.4 is 14.8 Å². The van der Waals surface area contributed by atoms with Crippen molar-refractivity contribution in [3.05, 3.63) is 95.1 Å². The van der Waals surface area contributed by atoms with Gasteiger partial charge in [-0.1, -0.05) is 79.7 Å². The van der Waals surface area contributed by atoms with Gasteiger partial charge in [0.2, 0.25) is 5.91 Å². The molecule has 3 aromatic carbocycles. The van der Waals surface area contributed by atoms with Gasteiger partial charge >= 0.3 is 0 Å². The molecular formula is C29H31N3O3S. The third-order valence-corrected chi connectivity index (χ3v) is 6.89. The topological polar surface area (TPSA) is 72.3 Å². The van der Waals surface area contributed by atoms with Gasteiger partial charge in [0, 0.05) is 0 Å². The predicted molar refractivity (Wildman–Crippen MR) is 147 cm³/mol. The molecule has 6 nitrogen and oxygen atoms in total. The molecule has 1 fully saturated rings. The van der Waals surface area contributed by atoms with Crippen LogP contribution in [0.15, 0.2) is 83.0 Å². The van der Waals surface area contributed by atoms with E-state index < -0.39 is 0 Å². The number of amides is 1. The summed E-state index contributed by atoms with van der Waals surface area (Å²) >= 11 is 1.41. The van der Waals surface area contributed by atoms with Gasteiger partial charge < -0.3 is 14.8 Å². The molecule has 1 atom stereocenters. The quantitative estimate of drug-likeness (QED) is 0.267. The van der Waals surface area contributed by atoms with E-state index in [1.165, 1.54) is 30.2 Å². The molecule has 3 aromatic rings. The molecule has 1 aliphatic rings. The molecule has 186 valence electrons. The fourth-order valence-electron chi connectivity index (χ4n) is 3.79. The Labute approximate surface area is 216 Å². The smallest absolute Gasteiger partial charge is 0.239 e. The molecule has 0 saturated carbocycles. The molecule has 36 heavy (non-hydrogen) atoms. The minimum Gasteiger partial charge on any atom is -0.493 e. The van der Waals surface area contributed by atoms with Gasteiger partial charge in [0.15, 0.2) is 16.7 Å². The molecule has 0 radical (unpaired) electrons. The SMILES string of the molecule is CCCCc1ccc(C[C@@H]2S/C(=N\N=C/c3ccc(OCc4ccccc4)c(OC)c3)NC2=O)cc1. The van der Waals surface area contributed by atoms with E-state index in [2.05, 4.69) is 46.7 Å². The van der Waals surface area contributed by atoms with Crippen LogP contribution in [0.3, 0.4) is 0 Å². The van der Waals surface area contributed by atoms with Gasteiger partial charge in [-0.15, -0.1) is 5.10 Å². The summed E-state index contributed by atoms with van der Waals surface area (Å²) in [5.74, 6) is 1.24. The van der Waals surface area contributed by atoms with Crippen LogP contribution in [0, 0.1) is 0 Å². The normalized spacial score (nSPS) is 16.4. The van der Waals surface area contributed by atoms with Crippen LogP contribution in [0.4, 0.5) is 0 Å². The summed E-state index contributed by atoms with van der Waals surface area (Å²) in [6, 6.07) is 24.1. The zero-order valence-electron chi connectivity index (χ0n) is 20.6. The standard InChI is InChI=1S/C29H31N3O3S/c1-3-4-8-21-11-13-22(14-12-21)18-27-28(33)31-29(36-27)32-30-19-24-15-16-25(26(17-24)34-2)35-20-23-9-6-5-7-10-23/h5-7,9-17,19,27H,3-4,8,18,20H2,1-2H3,(H,31,32,33)/b30-19-/t27-/m0/s1. The first kappa shape index (κ1) is 25.5. The summed E-state index contributed by atoms with van der Waals surface area (Å²) in [7, 11) is 1.61. The number of nitrogens with zero attached hydrogens (tertiary/aromatic N) is 2. The molecule has 1 aliphatic heterocycles. The van der Waals surface area contributed by atoms with Gasteiger partial charge in [-0.25, -0.2) is 0 Å². The first-order valence-corrected chi connectivity index (χ1v) is 13.0. The Bertz CT molecular complexity index is 1210. The average molecular weight is 502 g/mol. The number of aryl methyl sites for hydroxylation is 1. The van der Waals surface area contributed by atoms with E-state index in [0.717, 1.165) is 23.1 Å². The van der Waals surface area contributed by atoms with Gasteiger partial charge in [0.25, 0.3) is 0 Å². The van der Waals surface area contributed by atoms with E-state index in [1.807, 2.05) is 48.5 Å². The predicted octanol–water partition coefficient (Wildman–Crippen LogP) is 5.78. The number of thioether (sulfide) groups is 1. The molecule has 0 unspecified atom stereocenters. The van der Waals surface area contributed by atoms with Crippen LogP contribution in [0.25, 0.3) is 0 Å². The number of carbonyl (C=O) groups is 1. The van der Waals surface area contributed by atoms with Crippen LogP contribution >= 0.6 is 11.8 Å². The van der Waals surface area contributed by atoms with Crippen molar-refractivity contribution in [1.29, 1.82) is 0 Å². The Morgan fingerprint density at radius 3 is 2.50 bits per heavy atom. The molecule has 0 spiro atoms. The number of unbranched alkanes of at least 4 members (excludes halogenated alkanes) is 1. The number of amidine groups is 1. The molecule has 1 N–H and O–H groups in total. The molecule has 0 aromatic heterocycles. The number of methoxy groups -OCH3 is 1. The zero-order chi connectivity index (χ0) is 25.2. The molecule has 1 saturated heterocycles. The van der Waals surface area contributed by atoms with Crippen molar-refractivity contribution in [3.63, 3.8) is 0 Å². The van der Waals surface area contributed by atoms with Crippen molar-refractivity contribution < 1.29 is 14.3 Å². The summed E-state index contributed by atoms with van der Waals surface area (Å²) in [5.41, 5.74) is 4.39. The van der Waals surface area contributed by atoms with Crippen molar-refractivity contribution in [2.24, 2.45) is 10.2 Å². The first-order valence-electron chi connectivity index (χ1n) is 12.2. The van der Waals surface area contributed by atoms with Crippen molar-refractivity contribution in [1.82, 2.24) is 5.32 Å². The van der Waals surface area contributed by atoms with Crippen molar-refractivity contribution in [3.8, 4) is 11.5 Å². The monoisotopic (exact) mass is 501 g/mol. The number of rotatable bonds is 11. The maximum Gasteiger partial charge on any atom is 0.239 e. The molecule has 1 amide bonds. The summed E-state index contributed by atoms with van der Waals surface area (Å²) in [6.45, 7) is 2.66. The molecule has 1 heterocycles. The maximum atomic E-state index is 12.4. The highest BCUT2D eigenvalue weighted by Gasteiger charge is 2.30. The minimum atomic E-state index is -0.207. The highest BCUT2D eigenvalue weighted by Crippen LogP contribution is 2.28. The Hall–Kier alpha value is -3.58. The number of ether oxygens (including phenoxy) is 2. The van der Waals surface area contributed by atoms with E-state index in [9.17, 15) is 4.79 Å². The van der Waals surface area contributed by atoms with E-state index in [1.54, 1.807) is 13.3 Å². The number of nitrogens with one attached hydrogen (secondary N) is 1. The fraction of sp³-hybridized carbons (Fsp3) is 0.276. The third kappa shape index (κ3) is 7.21.